The van der Waals surface area contributed by atoms with Crippen LogP contribution in [0.4, 0.5) is 0 Å². The molecule has 3 rings (SSSR count). The molecule has 2 atom stereocenters. The fraction of sp³-hybridized carbons (Fsp3) is 0.474. The summed E-state index contributed by atoms with van der Waals surface area (Å²) in [6.07, 6.45) is 6.98. The molecule has 1 fully saturated rings. The molecule has 7 heteroatoms. The van der Waals surface area contributed by atoms with E-state index in [1.54, 1.807) is 0 Å². The molecule has 142 valence electrons. The van der Waals surface area contributed by atoms with Crippen LogP contribution in [0.15, 0.2) is 48.0 Å². The van der Waals surface area contributed by atoms with Gasteiger partial charge in [-0.25, -0.2) is 9.98 Å². The molecule has 2 aromatic rings. The number of hydrogen-bond acceptors (Lipinski definition) is 2. The average molecular weight is 488 g/mol. The van der Waals surface area contributed by atoms with Gasteiger partial charge in [0, 0.05) is 37.1 Å². The van der Waals surface area contributed by atoms with Crippen LogP contribution >= 0.6 is 35.6 Å². The molecule has 1 aromatic carbocycles. The van der Waals surface area contributed by atoms with Crippen molar-refractivity contribution in [2.75, 3.05) is 19.6 Å². The molecule has 0 bridgehead atoms. The number of aromatic nitrogens is 2. The molecule has 0 aliphatic carbocycles. The van der Waals surface area contributed by atoms with Crippen LogP contribution in [-0.4, -0.2) is 40.0 Å². The summed E-state index contributed by atoms with van der Waals surface area (Å²) in [7, 11) is 0. The molecule has 1 N–H and O–H groups in total. The van der Waals surface area contributed by atoms with Crippen molar-refractivity contribution in [3.05, 3.63) is 53.6 Å². The summed E-state index contributed by atoms with van der Waals surface area (Å²) in [5, 5.41) is 4.20. The minimum absolute atomic E-state index is 0. The predicted octanol–water partition coefficient (Wildman–Crippen LogP) is 4.20. The average Bonchev–Trinajstić information content (AvgIpc) is 3.15. The molecular weight excluding hydrogens is 461 g/mol. The lowest BCUT2D eigenvalue weighted by Gasteiger charge is -2.39. The van der Waals surface area contributed by atoms with E-state index >= 15 is 0 Å². The first-order valence-corrected chi connectivity index (χ1v) is 9.30. The Hall–Kier alpha value is -1.28. The minimum Gasteiger partial charge on any atom is -0.357 e. The quantitative estimate of drug-likeness (QED) is 0.399. The number of aliphatic imine (C=N–C) groups is 1. The maximum atomic E-state index is 5.96. The molecular formula is C19H27ClIN5. The first-order valence-electron chi connectivity index (χ1n) is 8.92. The van der Waals surface area contributed by atoms with Crippen molar-refractivity contribution >= 4 is 41.5 Å². The van der Waals surface area contributed by atoms with Crippen molar-refractivity contribution in [1.82, 2.24) is 19.8 Å². The fourth-order valence-corrected chi connectivity index (χ4v) is 3.40. The SMILES string of the molecule is CCNC(=NCc1ccc(Cl)cc1)N1CCC(C)C(n2ccnc2)C1.I. The Morgan fingerprint density at radius 2 is 2.12 bits per heavy atom. The molecule has 0 saturated carbocycles. The highest BCUT2D eigenvalue weighted by Gasteiger charge is 2.28. The molecule has 1 aliphatic heterocycles. The number of benzene rings is 1. The monoisotopic (exact) mass is 487 g/mol. The van der Waals surface area contributed by atoms with Crippen LogP contribution in [-0.2, 0) is 6.54 Å². The number of halogens is 2. The first kappa shape index (κ1) is 21.0. The summed E-state index contributed by atoms with van der Waals surface area (Å²) in [5.41, 5.74) is 1.16. The van der Waals surface area contributed by atoms with Gasteiger partial charge in [0.15, 0.2) is 5.96 Å². The molecule has 5 nitrogen and oxygen atoms in total. The van der Waals surface area contributed by atoms with Gasteiger partial charge in [-0.3, -0.25) is 0 Å². The molecule has 0 radical (unpaired) electrons. The number of rotatable bonds is 4. The van der Waals surface area contributed by atoms with Gasteiger partial charge in [-0.2, -0.15) is 0 Å². The van der Waals surface area contributed by atoms with E-state index in [9.17, 15) is 0 Å². The van der Waals surface area contributed by atoms with Gasteiger partial charge < -0.3 is 14.8 Å². The lowest BCUT2D eigenvalue weighted by atomic mass is 9.93. The first-order chi connectivity index (χ1) is 12.2. The van der Waals surface area contributed by atoms with Crippen molar-refractivity contribution < 1.29 is 0 Å². The highest BCUT2D eigenvalue weighted by Crippen LogP contribution is 2.27. The van der Waals surface area contributed by atoms with Crippen molar-refractivity contribution in [2.45, 2.75) is 32.9 Å². The molecule has 1 saturated heterocycles. The zero-order chi connectivity index (χ0) is 17.6. The Labute approximate surface area is 177 Å². The Morgan fingerprint density at radius 1 is 1.35 bits per heavy atom. The summed E-state index contributed by atoms with van der Waals surface area (Å²) in [6.45, 7) is 7.92. The highest BCUT2D eigenvalue weighted by molar-refractivity contribution is 14.0. The standard InChI is InChI=1S/C19H26ClN5.HI/c1-3-22-19(23-12-16-4-6-17(20)7-5-16)24-10-8-15(2)18(13-24)25-11-9-21-14-25;/h4-7,9,11,14-15,18H,3,8,10,12-13H2,1-2H3,(H,22,23);1H. The molecule has 2 unspecified atom stereocenters. The van der Waals surface area contributed by atoms with E-state index in [4.69, 9.17) is 16.6 Å². The number of guanidine groups is 1. The van der Waals surface area contributed by atoms with Gasteiger partial charge in [0.25, 0.3) is 0 Å². The maximum Gasteiger partial charge on any atom is 0.194 e. The third-order valence-electron chi connectivity index (χ3n) is 4.79. The molecule has 1 aliphatic rings. The Kier molecular flexibility index (Phi) is 8.21. The van der Waals surface area contributed by atoms with Gasteiger partial charge in [-0.15, -0.1) is 24.0 Å². The second-order valence-electron chi connectivity index (χ2n) is 6.59. The summed E-state index contributed by atoms with van der Waals surface area (Å²) in [5.74, 6) is 1.61. The Bertz CT molecular complexity index is 686. The second kappa shape index (κ2) is 10.2. The Morgan fingerprint density at radius 3 is 2.77 bits per heavy atom. The van der Waals surface area contributed by atoms with Crippen LogP contribution in [0.5, 0.6) is 0 Å². The van der Waals surface area contributed by atoms with Gasteiger partial charge >= 0.3 is 0 Å². The third kappa shape index (κ3) is 5.36. The molecule has 0 spiro atoms. The molecule has 0 amide bonds. The maximum absolute atomic E-state index is 5.96. The van der Waals surface area contributed by atoms with E-state index in [1.165, 1.54) is 0 Å². The lowest BCUT2D eigenvalue weighted by Crippen LogP contribution is -2.49. The summed E-state index contributed by atoms with van der Waals surface area (Å²) in [4.78, 5) is 11.4. The van der Waals surface area contributed by atoms with Crippen molar-refractivity contribution in [3.63, 3.8) is 0 Å². The smallest absolute Gasteiger partial charge is 0.194 e. The zero-order valence-electron chi connectivity index (χ0n) is 15.3. The van der Waals surface area contributed by atoms with Crippen LogP contribution in [0.1, 0.15) is 31.9 Å². The summed E-state index contributed by atoms with van der Waals surface area (Å²) < 4.78 is 2.22. The predicted molar refractivity (Wildman–Crippen MR) is 118 cm³/mol. The van der Waals surface area contributed by atoms with Gasteiger partial charge in [-0.05, 0) is 37.0 Å². The molecule has 26 heavy (non-hydrogen) atoms. The topological polar surface area (TPSA) is 45.5 Å². The third-order valence-corrected chi connectivity index (χ3v) is 5.04. The van der Waals surface area contributed by atoms with E-state index in [-0.39, 0.29) is 24.0 Å². The van der Waals surface area contributed by atoms with E-state index in [2.05, 4.69) is 39.8 Å². The van der Waals surface area contributed by atoms with E-state index in [1.807, 2.05) is 36.8 Å². The van der Waals surface area contributed by atoms with Crippen molar-refractivity contribution in [3.8, 4) is 0 Å². The van der Waals surface area contributed by atoms with E-state index < -0.39 is 0 Å². The second-order valence-corrected chi connectivity index (χ2v) is 7.02. The number of likely N-dealkylation sites (tertiary alicyclic amines) is 1. The number of nitrogens with zero attached hydrogens (tertiary/aromatic N) is 4. The Balaban J connectivity index is 0.00000243. The number of nitrogens with one attached hydrogen (secondary N) is 1. The fourth-order valence-electron chi connectivity index (χ4n) is 3.28. The van der Waals surface area contributed by atoms with Crippen LogP contribution in [0.2, 0.25) is 5.02 Å². The number of hydrogen-bond donors (Lipinski definition) is 1. The van der Waals surface area contributed by atoms with Crippen LogP contribution < -0.4 is 5.32 Å². The van der Waals surface area contributed by atoms with Crippen LogP contribution in [0.3, 0.4) is 0 Å². The van der Waals surface area contributed by atoms with Gasteiger partial charge in [0.1, 0.15) is 0 Å². The molecule has 2 heterocycles. The number of piperidine rings is 1. The van der Waals surface area contributed by atoms with Gasteiger partial charge in [0.05, 0.1) is 18.9 Å². The summed E-state index contributed by atoms with van der Waals surface area (Å²) >= 11 is 5.96. The van der Waals surface area contributed by atoms with Crippen LogP contribution in [0, 0.1) is 5.92 Å². The van der Waals surface area contributed by atoms with Crippen molar-refractivity contribution in [1.29, 1.82) is 0 Å². The van der Waals surface area contributed by atoms with E-state index in [0.717, 1.165) is 42.6 Å². The van der Waals surface area contributed by atoms with E-state index in [0.29, 0.717) is 18.5 Å². The lowest BCUT2D eigenvalue weighted by molar-refractivity contribution is 0.189. The number of imidazole rings is 1. The van der Waals surface area contributed by atoms with Crippen molar-refractivity contribution in [2.24, 2.45) is 10.9 Å². The summed E-state index contributed by atoms with van der Waals surface area (Å²) in [6, 6.07) is 8.31. The largest absolute Gasteiger partial charge is 0.357 e. The zero-order valence-corrected chi connectivity index (χ0v) is 18.4. The van der Waals surface area contributed by atoms with Gasteiger partial charge in [0.2, 0.25) is 0 Å². The highest BCUT2D eigenvalue weighted by atomic mass is 127. The van der Waals surface area contributed by atoms with Crippen LogP contribution in [0.25, 0.3) is 0 Å². The van der Waals surface area contributed by atoms with Gasteiger partial charge in [-0.1, -0.05) is 30.7 Å². The molecule has 1 aromatic heterocycles. The normalized spacial score (nSPS) is 20.6. The minimum atomic E-state index is 0.